The summed E-state index contributed by atoms with van der Waals surface area (Å²) in [6.45, 7) is 0.551. The van der Waals surface area contributed by atoms with Crippen molar-refractivity contribution in [2.75, 3.05) is 11.9 Å². The van der Waals surface area contributed by atoms with Gasteiger partial charge in [-0.05, 0) is 18.2 Å². The first kappa shape index (κ1) is 12.2. The van der Waals surface area contributed by atoms with Gasteiger partial charge in [-0.2, -0.15) is 5.10 Å². The molecular weight excluding hydrogens is 230 g/mol. The van der Waals surface area contributed by atoms with Crippen molar-refractivity contribution in [3.63, 3.8) is 0 Å². The van der Waals surface area contributed by atoms with Crippen LogP contribution < -0.4 is 4.90 Å². The zero-order valence-electron chi connectivity index (χ0n) is 10.2. The fourth-order valence-corrected chi connectivity index (χ4v) is 1.66. The average Bonchev–Trinajstić information content (AvgIpc) is 2.88. The Morgan fingerprint density at radius 3 is 2.94 bits per heavy atom. The summed E-state index contributed by atoms with van der Waals surface area (Å²) in [7, 11) is 1.69. The Kier molecular flexibility index (Phi) is 3.62. The monoisotopic (exact) mass is 245 g/mol. The van der Waals surface area contributed by atoms with Crippen molar-refractivity contribution in [1.29, 1.82) is 0 Å². The molecule has 0 atom stereocenters. The summed E-state index contributed by atoms with van der Waals surface area (Å²) in [6.07, 6.45) is 3.87. The number of hydrogen-bond donors (Lipinski definition) is 1. The van der Waals surface area contributed by atoms with Crippen LogP contribution in [0.1, 0.15) is 6.42 Å². The topological polar surface area (TPSA) is 58.4 Å². The summed E-state index contributed by atoms with van der Waals surface area (Å²) in [4.78, 5) is 13.5. The highest BCUT2D eigenvalue weighted by molar-refractivity contribution is 5.92. The van der Waals surface area contributed by atoms with E-state index < -0.39 is 0 Å². The van der Waals surface area contributed by atoms with Crippen molar-refractivity contribution in [2.45, 2.75) is 13.0 Å². The number of carbonyl (C=O) groups excluding carboxylic acids is 1. The first-order valence-corrected chi connectivity index (χ1v) is 5.70. The Balaban J connectivity index is 1.96. The first-order valence-electron chi connectivity index (χ1n) is 5.70. The van der Waals surface area contributed by atoms with Gasteiger partial charge in [-0.1, -0.05) is 6.07 Å². The summed E-state index contributed by atoms with van der Waals surface area (Å²) >= 11 is 0. The van der Waals surface area contributed by atoms with Gasteiger partial charge >= 0.3 is 0 Å². The van der Waals surface area contributed by atoms with E-state index in [0.717, 1.165) is 0 Å². The fourth-order valence-electron chi connectivity index (χ4n) is 1.66. The van der Waals surface area contributed by atoms with E-state index in [2.05, 4.69) is 5.10 Å². The van der Waals surface area contributed by atoms with Gasteiger partial charge in [0.05, 0.1) is 0 Å². The van der Waals surface area contributed by atoms with Crippen LogP contribution in [-0.2, 0) is 11.3 Å². The number of rotatable bonds is 4. The largest absolute Gasteiger partial charge is 0.508 e. The minimum atomic E-state index is -0.0175. The van der Waals surface area contributed by atoms with Gasteiger partial charge in [-0.3, -0.25) is 9.48 Å². The number of aromatic nitrogens is 2. The molecule has 0 saturated heterocycles. The van der Waals surface area contributed by atoms with Crippen molar-refractivity contribution in [2.24, 2.45) is 0 Å². The highest BCUT2D eigenvalue weighted by atomic mass is 16.3. The molecule has 5 nitrogen and oxygen atoms in total. The summed E-state index contributed by atoms with van der Waals surface area (Å²) in [6, 6.07) is 8.45. The van der Waals surface area contributed by atoms with E-state index in [1.54, 1.807) is 42.2 Å². The summed E-state index contributed by atoms with van der Waals surface area (Å²) in [5.41, 5.74) is 0.681. The maximum atomic E-state index is 12.0. The minimum absolute atomic E-state index is 0.0175. The van der Waals surface area contributed by atoms with E-state index in [1.165, 1.54) is 4.90 Å². The number of phenolic OH excluding ortho intramolecular Hbond substituents is 1. The molecule has 0 fully saturated rings. The summed E-state index contributed by atoms with van der Waals surface area (Å²) in [5, 5.41) is 13.4. The Labute approximate surface area is 105 Å². The number of anilines is 1. The quantitative estimate of drug-likeness (QED) is 0.890. The van der Waals surface area contributed by atoms with Crippen LogP contribution in [0.3, 0.4) is 0 Å². The maximum absolute atomic E-state index is 12.0. The molecule has 0 unspecified atom stereocenters. The second-order valence-corrected chi connectivity index (χ2v) is 3.99. The smallest absolute Gasteiger partial charge is 0.228 e. The van der Waals surface area contributed by atoms with Crippen LogP contribution >= 0.6 is 0 Å². The number of hydrogen-bond acceptors (Lipinski definition) is 3. The van der Waals surface area contributed by atoms with Gasteiger partial charge in [0, 0.05) is 44.2 Å². The third-order valence-corrected chi connectivity index (χ3v) is 2.71. The van der Waals surface area contributed by atoms with Crippen LogP contribution in [0.25, 0.3) is 0 Å². The van der Waals surface area contributed by atoms with Gasteiger partial charge in [-0.15, -0.1) is 0 Å². The molecule has 1 N–H and O–H groups in total. The van der Waals surface area contributed by atoms with Gasteiger partial charge in [-0.25, -0.2) is 0 Å². The normalized spacial score (nSPS) is 10.3. The Morgan fingerprint density at radius 1 is 1.44 bits per heavy atom. The lowest BCUT2D eigenvalue weighted by Crippen LogP contribution is -2.27. The van der Waals surface area contributed by atoms with Gasteiger partial charge in [0.15, 0.2) is 0 Å². The number of aromatic hydroxyl groups is 1. The zero-order chi connectivity index (χ0) is 13.0. The second-order valence-electron chi connectivity index (χ2n) is 3.99. The first-order chi connectivity index (χ1) is 8.66. The second kappa shape index (κ2) is 5.35. The van der Waals surface area contributed by atoms with Crippen molar-refractivity contribution < 1.29 is 9.90 Å². The van der Waals surface area contributed by atoms with E-state index >= 15 is 0 Å². The maximum Gasteiger partial charge on any atom is 0.228 e. The molecule has 0 radical (unpaired) electrons. The lowest BCUT2D eigenvalue weighted by atomic mass is 10.2. The van der Waals surface area contributed by atoms with Crippen LogP contribution in [-0.4, -0.2) is 27.8 Å². The molecule has 18 heavy (non-hydrogen) atoms. The Morgan fingerprint density at radius 2 is 2.28 bits per heavy atom. The van der Waals surface area contributed by atoms with Gasteiger partial charge in [0.25, 0.3) is 0 Å². The number of amides is 1. The van der Waals surface area contributed by atoms with E-state index in [9.17, 15) is 9.90 Å². The summed E-state index contributed by atoms with van der Waals surface area (Å²) < 4.78 is 1.72. The zero-order valence-corrected chi connectivity index (χ0v) is 10.2. The predicted molar refractivity (Wildman–Crippen MR) is 68.4 cm³/mol. The number of phenols is 1. The number of aryl methyl sites for hydroxylation is 1. The Hall–Kier alpha value is -2.30. The molecule has 2 rings (SSSR count). The lowest BCUT2D eigenvalue weighted by molar-refractivity contribution is -0.118. The predicted octanol–water partition coefficient (Wildman–Crippen LogP) is 1.64. The third kappa shape index (κ3) is 2.88. The van der Waals surface area contributed by atoms with Crippen LogP contribution in [0.4, 0.5) is 5.69 Å². The average molecular weight is 245 g/mol. The molecule has 0 aliphatic rings. The molecule has 1 heterocycles. The van der Waals surface area contributed by atoms with Crippen molar-refractivity contribution in [3.8, 4) is 5.75 Å². The molecule has 0 aliphatic heterocycles. The van der Waals surface area contributed by atoms with Crippen LogP contribution in [0.2, 0.25) is 0 Å². The number of nitrogens with zero attached hydrogens (tertiary/aromatic N) is 3. The summed E-state index contributed by atoms with van der Waals surface area (Å²) in [5.74, 6) is 0.135. The van der Waals surface area contributed by atoms with Gasteiger partial charge in [0.2, 0.25) is 5.91 Å². The molecule has 0 saturated carbocycles. The minimum Gasteiger partial charge on any atom is -0.508 e. The fraction of sp³-hybridized carbons (Fsp3) is 0.231. The molecule has 0 aliphatic carbocycles. The van der Waals surface area contributed by atoms with Crippen molar-refractivity contribution >= 4 is 11.6 Å². The highest BCUT2D eigenvalue weighted by Crippen LogP contribution is 2.19. The van der Waals surface area contributed by atoms with Gasteiger partial charge in [0.1, 0.15) is 5.75 Å². The molecule has 94 valence electrons. The number of carbonyl (C=O) groups is 1. The van der Waals surface area contributed by atoms with E-state index in [4.69, 9.17) is 0 Å². The molecule has 5 heteroatoms. The number of benzene rings is 1. The molecule has 0 bridgehead atoms. The Bertz CT molecular complexity index is 523. The van der Waals surface area contributed by atoms with E-state index in [-0.39, 0.29) is 11.7 Å². The molecule has 1 amide bonds. The molecule has 0 spiro atoms. The molecular formula is C13H15N3O2. The van der Waals surface area contributed by atoms with Gasteiger partial charge < -0.3 is 10.0 Å². The molecule has 1 aromatic heterocycles. The highest BCUT2D eigenvalue weighted by Gasteiger charge is 2.11. The SMILES string of the molecule is CN(C(=O)CCn1cccn1)c1cccc(O)c1. The van der Waals surface area contributed by atoms with Crippen LogP contribution in [0.15, 0.2) is 42.7 Å². The van der Waals surface area contributed by atoms with Crippen molar-refractivity contribution in [3.05, 3.63) is 42.7 Å². The van der Waals surface area contributed by atoms with Crippen LogP contribution in [0.5, 0.6) is 5.75 Å². The van der Waals surface area contributed by atoms with E-state index in [0.29, 0.717) is 18.7 Å². The van der Waals surface area contributed by atoms with Crippen LogP contribution in [0, 0.1) is 0 Å². The molecule has 1 aromatic carbocycles. The van der Waals surface area contributed by atoms with Crippen molar-refractivity contribution in [1.82, 2.24) is 9.78 Å². The standard InChI is InChI=1S/C13H15N3O2/c1-15(11-4-2-5-12(17)10-11)13(18)6-9-16-8-3-7-14-16/h2-5,7-8,10,17H,6,9H2,1H3. The third-order valence-electron chi connectivity index (χ3n) is 2.71. The lowest BCUT2D eigenvalue weighted by Gasteiger charge is -2.17. The molecule has 2 aromatic rings. The van der Waals surface area contributed by atoms with E-state index in [1.807, 2.05) is 12.3 Å².